The molecule has 1 N–H and O–H groups in total. The van der Waals surface area contributed by atoms with E-state index in [2.05, 4.69) is 10.2 Å². The SMILES string of the molecule is Cc1cc(-c2nnc(C[NH+](C)Cc3c(F)cccc3Cl)o2)c(C)o1. The number of hydrogen-bond acceptors (Lipinski definition) is 4. The molecule has 0 fully saturated rings. The third-order valence-corrected chi connectivity index (χ3v) is 4.09. The smallest absolute Gasteiger partial charge is 0.271 e. The van der Waals surface area contributed by atoms with Crippen LogP contribution in [0.1, 0.15) is 23.0 Å². The van der Waals surface area contributed by atoms with Crippen LogP contribution in [0.3, 0.4) is 0 Å². The van der Waals surface area contributed by atoms with E-state index in [1.807, 2.05) is 27.0 Å². The van der Waals surface area contributed by atoms with Gasteiger partial charge in [0.2, 0.25) is 0 Å². The van der Waals surface area contributed by atoms with Crippen molar-refractivity contribution in [2.45, 2.75) is 26.9 Å². The van der Waals surface area contributed by atoms with Gasteiger partial charge < -0.3 is 13.7 Å². The molecule has 0 saturated carbocycles. The number of nitrogens with zero attached hydrogens (tertiary/aromatic N) is 2. The number of quaternary nitrogens is 1. The molecule has 126 valence electrons. The Bertz CT molecular complexity index is 839. The van der Waals surface area contributed by atoms with E-state index in [1.54, 1.807) is 12.1 Å². The molecule has 0 spiro atoms. The van der Waals surface area contributed by atoms with Gasteiger partial charge in [0.05, 0.1) is 23.2 Å². The van der Waals surface area contributed by atoms with Crippen LogP contribution >= 0.6 is 11.6 Å². The van der Waals surface area contributed by atoms with Crippen LogP contribution in [-0.2, 0) is 13.1 Å². The lowest BCUT2D eigenvalue weighted by Gasteiger charge is -2.13. The molecule has 24 heavy (non-hydrogen) atoms. The molecule has 7 heteroatoms. The van der Waals surface area contributed by atoms with Crippen LogP contribution in [0.25, 0.3) is 11.5 Å². The number of hydrogen-bond donors (Lipinski definition) is 1. The fourth-order valence-corrected chi connectivity index (χ4v) is 2.83. The predicted molar refractivity (Wildman–Crippen MR) is 87.2 cm³/mol. The first-order valence-electron chi connectivity index (χ1n) is 7.58. The number of furan rings is 1. The molecule has 0 bridgehead atoms. The number of nitrogens with one attached hydrogen (secondary N) is 1. The molecule has 3 rings (SSSR count). The molecule has 5 nitrogen and oxygen atoms in total. The second kappa shape index (κ2) is 6.75. The summed E-state index contributed by atoms with van der Waals surface area (Å²) in [4.78, 5) is 0.984. The molecule has 0 aliphatic rings. The summed E-state index contributed by atoms with van der Waals surface area (Å²) in [6, 6.07) is 6.55. The topological polar surface area (TPSA) is 56.5 Å². The van der Waals surface area contributed by atoms with E-state index in [4.69, 9.17) is 20.4 Å². The van der Waals surface area contributed by atoms with Gasteiger partial charge in [-0.3, -0.25) is 0 Å². The highest BCUT2D eigenvalue weighted by Crippen LogP contribution is 2.25. The summed E-state index contributed by atoms with van der Waals surface area (Å²) < 4.78 is 25.0. The number of aryl methyl sites for hydroxylation is 2. The average molecular weight is 351 g/mol. The largest absolute Gasteiger partial charge is 0.466 e. The van der Waals surface area contributed by atoms with Gasteiger partial charge in [0.25, 0.3) is 11.8 Å². The summed E-state index contributed by atoms with van der Waals surface area (Å²) in [5, 5.41) is 8.55. The first-order chi connectivity index (χ1) is 11.4. The second-order valence-corrected chi connectivity index (χ2v) is 6.25. The van der Waals surface area contributed by atoms with Gasteiger partial charge in [-0.1, -0.05) is 17.7 Å². The molecule has 1 aromatic carbocycles. The zero-order valence-corrected chi connectivity index (χ0v) is 14.4. The van der Waals surface area contributed by atoms with E-state index in [9.17, 15) is 4.39 Å². The van der Waals surface area contributed by atoms with Crippen molar-refractivity contribution < 1.29 is 18.1 Å². The molecule has 0 saturated heterocycles. The summed E-state index contributed by atoms with van der Waals surface area (Å²) in [7, 11) is 1.92. The highest BCUT2D eigenvalue weighted by Gasteiger charge is 2.18. The molecule has 2 heterocycles. The molecule has 0 aliphatic carbocycles. The minimum atomic E-state index is -0.308. The molecular weight excluding hydrogens is 333 g/mol. The molecule has 0 radical (unpaired) electrons. The van der Waals surface area contributed by atoms with E-state index in [0.717, 1.165) is 22.0 Å². The van der Waals surface area contributed by atoms with E-state index in [-0.39, 0.29) is 5.82 Å². The summed E-state index contributed by atoms with van der Waals surface area (Å²) in [5.74, 6) is 2.13. The highest BCUT2D eigenvalue weighted by atomic mass is 35.5. The van der Waals surface area contributed by atoms with Gasteiger partial charge in [-0.2, -0.15) is 0 Å². The standard InChI is InChI=1S/C17H17ClFN3O2/c1-10-7-12(11(2)23-10)17-21-20-16(24-17)9-22(3)8-13-14(18)5-4-6-15(13)19/h4-7H,8-9H2,1-3H3/p+1. The van der Waals surface area contributed by atoms with Crippen molar-refractivity contribution in [2.24, 2.45) is 0 Å². The van der Waals surface area contributed by atoms with Crippen LogP contribution in [0, 0.1) is 19.7 Å². The van der Waals surface area contributed by atoms with Crippen LogP contribution in [0.5, 0.6) is 0 Å². The Morgan fingerprint density at radius 3 is 2.62 bits per heavy atom. The summed E-state index contributed by atoms with van der Waals surface area (Å²) in [5.41, 5.74) is 1.28. The van der Waals surface area contributed by atoms with Crippen molar-refractivity contribution in [2.75, 3.05) is 7.05 Å². The van der Waals surface area contributed by atoms with E-state index in [1.165, 1.54) is 6.07 Å². The van der Waals surface area contributed by atoms with Crippen LogP contribution in [0.15, 0.2) is 33.1 Å². The van der Waals surface area contributed by atoms with Crippen LogP contribution in [0.4, 0.5) is 4.39 Å². The van der Waals surface area contributed by atoms with E-state index in [0.29, 0.717) is 35.5 Å². The first-order valence-corrected chi connectivity index (χ1v) is 7.96. The average Bonchev–Trinajstić information content (AvgIpc) is 3.09. The third-order valence-electron chi connectivity index (χ3n) is 3.73. The van der Waals surface area contributed by atoms with Crippen molar-refractivity contribution >= 4 is 11.6 Å². The van der Waals surface area contributed by atoms with E-state index >= 15 is 0 Å². The maximum Gasteiger partial charge on any atom is 0.271 e. The summed E-state index contributed by atoms with van der Waals surface area (Å²) in [6.07, 6.45) is 0. The molecule has 1 atom stereocenters. The van der Waals surface area contributed by atoms with Crippen LogP contribution < -0.4 is 4.90 Å². The normalized spacial score (nSPS) is 12.5. The monoisotopic (exact) mass is 350 g/mol. The molecule has 2 aromatic heterocycles. The fraction of sp³-hybridized carbons (Fsp3) is 0.294. The summed E-state index contributed by atoms with van der Waals surface area (Å²) in [6.45, 7) is 4.61. The fourth-order valence-electron chi connectivity index (χ4n) is 2.60. The minimum Gasteiger partial charge on any atom is -0.466 e. The lowest BCUT2D eigenvalue weighted by molar-refractivity contribution is -0.909. The van der Waals surface area contributed by atoms with Crippen molar-refractivity contribution in [3.63, 3.8) is 0 Å². The van der Waals surface area contributed by atoms with Gasteiger partial charge >= 0.3 is 0 Å². The molecular formula is C17H18ClFN3O2+. The Morgan fingerprint density at radius 1 is 1.17 bits per heavy atom. The molecule has 1 unspecified atom stereocenters. The zero-order chi connectivity index (χ0) is 17.3. The number of benzene rings is 1. The minimum absolute atomic E-state index is 0.308. The van der Waals surface area contributed by atoms with Crippen LogP contribution in [-0.4, -0.2) is 17.2 Å². The van der Waals surface area contributed by atoms with E-state index < -0.39 is 0 Å². The van der Waals surface area contributed by atoms with Crippen LogP contribution in [0.2, 0.25) is 5.02 Å². The van der Waals surface area contributed by atoms with Crippen molar-refractivity contribution in [1.82, 2.24) is 10.2 Å². The second-order valence-electron chi connectivity index (χ2n) is 5.84. The van der Waals surface area contributed by atoms with Gasteiger partial charge in [-0.05, 0) is 32.0 Å². The molecule has 0 aliphatic heterocycles. The lowest BCUT2D eigenvalue weighted by Crippen LogP contribution is -3.06. The van der Waals surface area contributed by atoms with Gasteiger partial charge in [0, 0.05) is 0 Å². The first kappa shape index (κ1) is 16.7. The van der Waals surface area contributed by atoms with Gasteiger partial charge in [-0.25, -0.2) is 4.39 Å². The van der Waals surface area contributed by atoms with Gasteiger partial charge in [-0.15, -0.1) is 10.2 Å². The van der Waals surface area contributed by atoms with Crippen molar-refractivity contribution in [3.8, 4) is 11.5 Å². The highest BCUT2D eigenvalue weighted by molar-refractivity contribution is 6.31. The number of rotatable bonds is 5. The quantitative estimate of drug-likeness (QED) is 0.768. The summed E-state index contributed by atoms with van der Waals surface area (Å²) >= 11 is 6.07. The Morgan fingerprint density at radius 2 is 1.96 bits per heavy atom. The van der Waals surface area contributed by atoms with Gasteiger partial charge in [0.1, 0.15) is 23.9 Å². The Balaban J connectivity index is 1.72. The zero-order valence-electron chi connectivity index (χ0n) is 13.7. The Hall–Kier alpha value is -2.18. The third kappa shape index (κ3) is 3.49. The number of halogens is 2. The van der Waals surface area contributed by atoms with Crippen molar-refractivity contribution in [3.05, 3.63) is 58.1 Å². The Labute approximate surface area is 144 Å². The molecule has 3 aromatic rings. The Kier molecular flexibility index (Phi) is 4.69. The van der Waals surface area contributed by atoms with Crippen molar-refractivity contribution in [1.29, 1.82) is 0 Å². The van der Waals surface area contributed by atoms with Gasteiger partial charge in [0.15, 0.2) is 6.54 Å². The lowest BCUT2D eigenvalue weighted by atomic mass is 10.2. The maximum atomic E-state index is 13.9. The maximum absolute atomic E-state index is 13.9. The number of aromatic nitrogens is 2. The molecule has 0 amide bonds. The predicted octanol–water partition coefficient (Wildman–Crippen LogP) is 2.95.